The minimum Gasteiger partial charge on any atom is -0.317 e. The maximum absolute atomic E-state index is 8.99. The van der Waals surface area contributed by atoms with Crippen molar-refractivity contribution < 1.29 is 0 Å². The molecule has 1 aromatic heterocycles. The Kier molecular flexibility index (Phi) is 3.02. The topological polar surface area (TPSA) is 53.6 Å². The monoisotopic (exact) mass is 204 g/mol. The van der Waals surface area contributed by atoms with E-state index in [9.17, 15) is 0 Å². The second-order valence-corrected chi connectivity index (χ2v) is 3.96. The molecule has 15 heavy (non-hydrogen) atoms. The molecule has 1 N–H and O–H groups in total. The number of nitriles is 1. The fourth-order valence-electron chi connectivity index (χ4n) is 1.64. The van der Waals surface area contributed by atoms with Crippen molar-refractivity contribution in [3.8, 4) is 6.07 Å². The first-order valence-electron chi connectivity index (χ1n) is 5.50. The Labute approximate surface area is 89.9 Å². The van der Waals surface area contributed by atoms with Gasteiger partial charge in [0.25, 0.3) is 0 Å². The summed E-state index contributed by atoms with van der Waals surface area (Å²) in [4.78, 5) is 4.28. The average molecular weight is 204 g/mol. The highest BCUT2D eigenvalue weighted by Crippen LogP contribution is 2.19. The summed E-state index contributed by atoms with van der Waals surface area (Å²) in [7, 11) is 0. The lowest BCUT2D eigenvalue weighted by molar-refractivity contribution is 0.542. The van der Waals surface area contributed by atoms with Crippen LogP contribution in [0.15, 0.2) is 12.4 Å². The normalized spacial score (nSPS) is 17.3. The van der Waals surface area contributed by atoms with Crippen LogP contribution in [0.25, 0.3) is 0 Å². The largest absolute Gasteiger partial charge is 0.317 e. The van der Waals surface area contributed by atoms with E-state index >= 15 is 0 Å². The first-order valence-corrected chi connectivity index (χ1v) is 5.50. The number of rotatable bonds is 5. The van der Waals surface area contributed by atoms with Crippen molar-refractivity contribution in [3.63, 3.8) is 0 Å². The van der Waals surface area contributed by atoms with Crippen LogP contribution in [-0.4, -0.2) is 15.6 Å². The van der Waals surface area contributed by atoms with Gasteiger partial charge in [-0.25, -0.2) is 4.98 Å². The van der Waals surface area contributed by atoms with Gasteiger partial charge in [-0.1, -0.05) is 6.92 Å². The quantitative estimate of drug-likeness (QED) is 0.792. The molecule has 1 aromatic rings. The van der Waals surface area contributed by atoms with Crippen molar-refractivity contribution in [1.82, 2.24) is 14.9 Å². The van der Waals surface area contributed by atoms with E-state index < -0.39 is 0 Å². The fraction of sp³-hybridized carbons (Fsp3) is 0.636. The summed E-state index contributed by atoms with van der Waals surface area (Å²) in [5.74, 6) is 0.968. The molecule has 4 heteroatoms. The van der Waals surface area contributed by atoms with Gasteiger partial charge in [0, 0.05) is 18.4 Å². The molecule has 0 aliphatic heterocycles. The van der Waals surface area contributed by atoms with Crippen LogP contribution in [0.1, 0.15) is 38.1 Å². The van der Waals surface area contributed by atoms with Crippen molar-refractivity contribution in [1.29, 1.82) is 5.26 Å². The van der Waals surface area contributed by atoms with Crippen LogP contribution in [0.4, 0.5) is 0 Å². The van der Waals surface area contributed by atoms with E-state index in [-0.39, 0.29) is 6.04 Å². The zero-order valence-corrected chi connectivity index (χ0v) is 8.98. The minimum atomic E-state index is -0.0801. The third-order valence-electron chi connectivity index (χ3n) is 2.75. The van der Waals surface area contributed by atoms with Crippen LogP contribution in [0.5, 0.6) is 0 Å². The third kappa shape index (κ3) is 2.37. The highest BCUT2D eigenvalue weighted by Gasteiger charge is 2.21. The molecule has 2 rings (SSSR count). The number of hydrogen-bond donors (Lipinski definition) is 1. The van der Waals surface area contributed by atoms with Crippen LogP contribution in [-0.2, 0) is 6.54 Å². The molecule has 0 aromatic carbocycles. The van der Waals surface area contributed by atoms with Crippen LogP contribution < -0.4 is 5.32 Å². The summed E-state index contributed by atoms with van der Waals surface area (Å²) in [5, 5.41) is 12.4. The molecule has 0 spiro atoms. The van der Waals surface area contributed by atoms with Gasteiger partial charge in [0.15, 0.2) is 0 Å². The standard InChI is InChI=1S/C11H16N4/c1-2-10(7-12)15-6-5-13-11(15)8-14-9-3-4-9/h5-6,9-10,14H,2-4,8H2,1H3. The number of aromatic nitrogens is 2. The summed E-state index contributed by atoms with van der Waals surface area (Å²) in [6.45, 7) is 2.79. The van der Waals surface area contributed by atoms with E-state index in [1.165, 1.54) is 12.8 Å². The smallest absolute Gasteiger partial charge is 0.123 e. The summed E-state index contributed by atoms with van der Waals surface area (Å²) >= 11 is 0. The Morgan fingerprint density at radius 2 is 2.53 bits per heavy atom. The van der Waals surface area contributed by atoms with E-state index in [1.807, 2.05) is 17.7 Å². The van der Waals surface area contributed by atoms with Crippen LogP contribution in [0, 0.1) is 11.3 Å². The molecule has 1 atom stereocenters. The lowest BCUT2D eigenvalue weighted by atomic mass is 10.2. The number of hydrogen-bond acceptors (Lipinski definition) is 3. The van der Waals surface area contributed by atoms with Gasteiger partial charge in [0.2, 0.25) is 0 Å². The molecule has 1 saturated carbocycles. The van der Waals surface area contributed by atoms with E-state index in [0.717, 1.165) is 18.8 Å². The summed E-state index contributed by atoms with van der Waals surface area (Å²) in [6.07, 6.45) is 7.03. The van der Waals surface area contributed by atoms with Gasteiger partial charge in [-0.2, -0.15) is 5.26 Å². The zero-order chi connectivity index (χ0) is 10.7. The van der Waals surface area contributed by atoms with E-state index in [4.69, 9.17) is 5.26 Å². The maximum Gasteiger partial charge on any atom is 0.123 e. The van der Waals surface area contributed by atoms with Gasteiger partial charge < -0.3 is 9.88 Å². The van der Waals surface area contributed by atoms with E-state index in [1.54, 1.807) is 6.20 Å². The van der Waals surface area contributed by atoms with Crippen LogP contribution in [0.3, 0.4) is 0 Å². The Bertz CT molecular complexity index is 359. The second kappa shape index (κ2) is 4.45. The van der Waals surface area contributed by atoms with Crippen molar-refractivity contribution >= 4 is 0 Å². The molecule has 0 saturated heterocycles. The maximum atomic E-state index is 8.99. The van der Waals surface area contributed by atoms with Gasteiger partial charge in [0.05, 0.1) is 12.6 Å². The summed E-state index contributed by atoms with van der Waals surface area (Å²) < 4.78 is 1.97. The average Bonchev–Trinajstić information content (AvgIpc) is 2.98. The van der Waals surface area contributed by atoms with Crippen molar-refractivity contribution in [2.45, 2.75) is 44.8 Å². The molecule has 0 bridgehead atoms. The predicted molar refractivity (Wildman–Crippen MR) is 57.0 cm³/mol. The molecule has 1 fully saturated rings. The third-order valence-corrected chi connectivity index (χ3v) is 2.75. The SMILES string of the molecule is CCC(C#N)n1ccnc1CNC1CC1. The lowest BCUT2D eigenvalue weighted by Gasteiger charge is -2.12. The molecule has 1 unspecified atom stereocenters. The van der Waals surface area contributed by atoms with Gasteiger partial charge >= 0.3 is 0 Å². The molecule has 1 heterocycles. The molecular formula is C11H16N4. The Balaban J connectivity index is 2.03. The number of nitrogens with one attached hydrogen (secondary N) is 1. The molecule has 0 amide bonds. The Morgan fingerprint density at radius 1 is 1.73 bits per heavy atom. The number of nitrogens with zero attached hydrogens (tertiary/aromatic N) is 3. The molecule has 80 valence electrons. The van der Waals surface area contributed by atoms with E-state index in [2.05, 4.69) is 16.4 Å². The molecular weight excluding hydrogens is 188 g/mol. The van der Waals surface area contributed by atoms with Gasteiger partial charge in [-0.3, -0.25) is 0 Å². The van der Waals surface area contributed by atoms with Gasteiger partial charge in [-0.15, -0.1) is 0 Å². The fourth-order valence-corrected chi connectivity index (χ4v) is 1.64. The first-order chi connectivity index (χ1) is 7.35. The Morgan fingerprint density at radius 3 is 3.13 bits per heavy atom. The lowest BCUT2D eigenvalue weighted by Crippen LogP contribution is -2.20. The number of imidazole rings is 1. The summed E-state index contributed by atoms with van der Waals surface area (Å²) in [6, 6.07) is 2.89. The van der Waals surface area contributed by atoms with Crippen LogP contribution in [0.2, 0.25) is 0 Å². The van der Waals surface area contributed by atoms with Crippen molar-refractivity contribution in [3.05, 3.63) is 18.2 Å². The highest BCUT2D eigenvalue weighted by molar-refractivity contribution is 5.01. The molecule has 4 nitrogen and oxygen atoms in total. The molecule has 1 aliphatic rings. The molecule has 0 radical (unpaired) electrons. The van der Waals surface area contributed by atoms with Crippen molar-refractivity contribution in [2.75, 3.05) is 0 Å². The van der Waals surface area contributed by atoms with Gasteiger partial charge in [0.1, 0.15) is 11.9 Å². The second-order valence-electron chi connectivity index (χ2n) is 3.96. The predicted octanol–water partition coefficient (Wildman–Crippen LogP) is 1.61. The van der Waals surface area contributed by atoms with Gasteiger partial charge in [-0.05, 0) is 19.3 Å². The van der Waals surface area contributed by atoms with Crippen molar-refractivity contribution in [2.24, 2.45) is 0 Å². The Hall–Kier alpha value is -1.34. The summed E-state index contributed by atoms with van der Waals surface area (Å²) in [5.41, 5.74) is 0. The molecule has 1 aliphatic carbocycles. The van der Waals surface area contributed by atoms with Crippen LogP contribution >= 0.6 is 0 Å². The zero-order valence-electron chi connectivity index (χ0n) is 8.98. The first kappa shape index (κ1) is 10.2. The minimum absolute atomic E-state index is 0.0801. The highest BCUT2D eigenvalue weighted by atomic mass is 15.1. The van der Waals surface area contributed by atoms with E-state index in [0.29, 0.717) is 6.04 Å².